The van der Waals surface area contributed by atoms with E-state index < -0.39 is 0 Å². The van der Waals surface area contributed by atoms with Crippen molar-refractivity contribution in [3.05, 3.63) is 0 Å². The molecule has 0 radical (unpaired) electrons. The van der Waals surface area contributed by atoms with E-state index in [1.807, 2.05) is 0 Å². The van der Waals surface area contributed by atoms with E-state index in [9.17, 15) is 0 Å². The van der Waals surface area contributed by atoms with Crippen molar-refractivity contribution in [2.24, 2.45) is 11.3 Å². The number of hydrogen-bond acceptors (Lipinski definition) is 2. The van der Waals surface area contributed by atoms with Crippen molar-refractivity contribution < 1.29 is 4.74 Å². The Hall–Kier alpha value is -0.0800. The highest BCUT2D eigenvalue weighted by molar-refractivity contribution is 4.89. The maximum atomic E-state index is 5.68. The van der Waals surface area contributed by atoms with E-state index in [1.54, 1.807) is 0 Å². The Balaban J connectivity index is 2.10. The third-order valence-corrected chi connectivity index (χ3v) is 3.39. The molecule has 2 nitrogen and oxygen atoms in total. The molecule has 15 heavy (non-hydrogen) atoms. The van der Waals surface area contributed by atoms with Gasteiger partial charge in [0.25, 0.3) is 0 Å². The molecule has 1 aliphatic carbocycles. The van der Waals surface area contributed by atoms with Gasteiger partial charge < -0.3 is 10.1 Å². The highest BCUT2D eigenvalue weighted by atomic mass is 16.5. The lowest BCUT2D eigenvalue weighted by atomic mass is 9.67. The van der Waals surface area contributed by atoms with E-state index in [-0.39, 0.29) is 0 Å². The van der Waals surface area contributed by atoms with E-state index in [1.165, 1.54) is 32.2 Å². The quantitative estimate of drug-likeness (QED) is 0.626. The second kappa shape index (κ2) is 6.49. The molecule has 90 valence electrons. The highest BCUT2D eigenvalue weighted by Crippen LogP contribution is 2.43. The fourth-order valence-corrected chi connectivity index (χ4v) is 2.19. The van der Waals surface area contributed by atoms with E-state index in [0.717, 1.165) is 19.8 Å². The average Bonchev–Trinajstić information content (AvgIpc) is 2.14. The second-order valence-electron chi connectivity index (χ2n) is 5.35. The number of rotatable bonds is 8. The van der Waals surface area contributed by atoms with E-state index in [0.29, 0.717) is 11.3 Å². The maximum absolute atomic E-state index is 5.68. The monoisotopic (exact) mass is 213 g/mol. The lowest BCUT2D eigenvalue weighted by Gasteiger charge is -2.42. The van der Waals surface area contributed by atoms with Gasteiger partial charge in [-0.15, -0.1) is 0 Å². The van der Waals surface area contributed by atoms with Crippen molar-refractivity contribution >= 4 is 0 Å². The van der Waals surface area contributed by atoms with Crippen LogP contribution in [0.1, 0.15) is 46.5 Å². The molecule has 0 aliphatic heterocycles. The number of ether oxygens (including phenoxy) is 1. The lowest BCUT2D eigenvalue weighted by Crippen LogP contribution is -2.40. The molecule has 0 unspecified atom stereocenters. The molecule has 0 heterocycles. The Bertz CT molecular complexity index is 164. The first-order valence-corrected chi connectivity index (χ1v) is 6.47. The Labute approximate surface area is 94.8 Å². The van der Waals surface area contributed by atoms with Crippen molar-refractivity contribution in [2.45, 2.75) is 46.5 Å². The molecule has 1 rings (SSSR count). The van der Waals surface area contributed by atoms with Crippen LogP contribution in [0.4, 0.5) is 0 Å². The van der Waals surface area contributed by atoms with Crippen molar-refractivity contribution in [1.82, 2.24) is 5.32 Å². The molecule has 0 amide bonds. The molecule has 1 aliphatic rings. The summed E-state index contributed by atoms with van der Waals surface area (Å²) in [7, 11) is 0. The summed E-state index contributed by atoms with van der Waals surface area (Å²) in [5.41, 5.74) is 0.576. The molecule has 0 spiro atoms. The fraction of sp³-hybridized carbons (Fsp3) is 1.00. The van der Waals surface area contributed by atoms with Crippen molar-refractivity contribution in [2.75, 3.05) is 26.3 Å². The highest BCUT2D eigenvalue weighted by Gasteiger charge is 2.35. The van der Waals surface area contributed by atoms with Crippen LogP contribution in [0.15, 0.2) is 0 Å². The maximum Gasteiger partial charge on any atom is 0.0488 e. The van der Waals surface area contributed by atoms with Crippen molar-refractivity contribution in [3.63, 3.8) is 0 Å². The normalized spacial score (nSPS) is 19.2. The van der Waals surface area contributed by atoms with E-state index >= 15 is 0 Å². The molecule has 0 aromatic carbocycles. The first kappa shape index (κ1) is 13.0. The topological polar surface area (TPSA) is 21.3 Å². The molecule has 1 saturated carbocycles. The Morgan fingerprint density at radius 1 is 1.33 bits per heavy atom. The number of hydrogen-bond donors (Lipinski definition) is 1. The Morgan fingerprint density at radius 3 is 2.53 bits per heavy atom. The predicted octanol–water partition coefficient (Wildman–Crippen LogP) is 2.83. The SMILES string of the molecule is CCNCC1(CCOCC(C)C)CCC1. The van der Waals surface area contributed by atoms with E-state index in [4.69, 9.17) is 4.74 Å². The van der Waals surface area contributed by atoms with Crippen LogP contribution in [0.2, 0.25) is 0 Å². The van der Waals surface area contributed by atoms with E-state index in [2.05, 4.69) is 26.1 Å². The minimum absolute atomic E-state index is 0.576. The minimum Gasteiger partial charge on any atom is -0.381 e. The largest absolute Gasteiger partial charge is 0.381 e. The lowest BCUT2D eigenvalue weighted by molar-refractivity contribution is 0.0406. The minimum atomic E-state index is 0.576. The number of nitrogens with one attached hydrogen (secondary N) is 1. The zero-order valence-electron chi connectivity index (χ0n) is 10.6. The molecule has 0 atom stereocenters. The Kier molecular flexibility index (Phi) is 5.62. The van der Waals surface area contributed by atoms with Crippen LogP contribution in [-0.4, -0.2) is 26.3 Å². The third kappa shape index (κ3) is 4.52. The van der Waals surface area contributed by atoms with Gasteiger partial charge in [-0.3, -0.25) is 0 Å². The van der Waals surface area contributed by atoms with Gasteiger partial charge in [0, 0.05) is 19.8 Å². The second-order valence-corrected chi connectivity index (χ2v) is 5.35. The summed E-state index contributed by atoms with van der Waals surface area (Å²) in [5.74, 6) is 0.663. The first-order chi connectivity index (χ1) is 7.18. The van der Waals surface area contributed by atoms with Gasteiger partial charge in [-0.1, -0.05) is 27.2 Å². The Morgan fingerprint density at radius 2 is 2.07 bits per heavy atom. The molecule has 0 bridgehead atoms. The van der Waals surface area contributed by atoms with Crippen LogP contribution in [0.25, 0.3) is 0 Å². The smallest absolute Gasteiger partial charge is 0.0488 e. The molecule has 2 heteroatoms. The van der Waals surface area contributed by atoms with Crippen LogP contribution in [-0.2, 0) is 4.74 Å². The van der Waals surface area contributed by atoms with Gasteiger partial charge in [-0.05, 0) is 37.1 Å². The summed E-state index contributed by atoms with van der Waals surface area (Å²) in [6.45, 7) is 10.7. The summed E-state index contributed by atoms with van der Waals surface area (Å²) in [4.78, 5) is 0. The van der Waals surface area contributed by atoms with Crippen LogP contribution >= 0.6 is 0 Å². The summed E-state index contributed by atoms with van der Waals surface area (Å²) in [6, 6.07) is 0. The first-order valence-electron chi connectivity index (χ1n) is 6.47. The predicted molar refractivity (Wildman–Crippen MR) is 65.1 cm³/mol. The van der Waals surface area contributed by atoms with Crippen LogP contribution < -0.4 is 5.32 Å². The van der Waals surface area contributed by atoms with Crippen LogP contribution in [0.3, 0.4) is 0 Å². The van der Waals surface area contributed by atoms with Gasteiger partial charge in [0.15, 0.2) is 0 Å². The molecular formula is C13H27NO. The zero-order chi connectivity index (χ0) is 11.1. The molecule has 0 saturated heterocycles. The summed E-state index contributed by atoms with van der Waals surface area (Å²) < 4.78 is 5.68. The van der Waals surface area contributed by atoms with Crippen LogP contribution in [0.5, 0.6) is 0 Å². The molecule has 0 aromatic rings. The fourth-order valence-electron chi connectivity index (χ4n) is 2.19. The standard InChI is InChI=1S/C13H27NO/c1-4-14-11-13(6-5-7-13)8-9-15-10-12(2)3/h12,14H,4-11H2,1-3H3. The molecule has 0 aromatic heterocycles. The molecule has 1 fully saturated rings. The van der Waals surface area contributed by atoms with Gasteiger partial charge in [-0.25, -0.2) is 0 Å². The van der Waals surface area contributed by atoms with Gasteiger partial charge in [0.05, 0.1) is 0 Å². The van der Waals surface area contributed by atoms with Gasteiger partial charge >= 0.3 is 0 Å². The van der Waals surface area contributed by atoms with Crippen LogP contribution in [0, 0.1) is 11.3 Å². The summed E-state index contributed by atoms with van der Waals surface area (Å²) in [6.07, 6.45) is 5.44. The zero-order valence-corrected chi connectivity index (χ0v) is 10.6. The van der Waals surface area contributed by atoms with Gasteiger partial charge in [0.2, 0.25) is 0 Å². The average molecular weight is 213 g/mol. The van der Waals surface area contributed by atoms with Crippen molar-refractivity contribution in [3.8, 4) is 0 Å². The summed E-state index contributed by atoms with van der Waals surface area (Å²) >= 11 is 0. The summed E-state index contributed by atoms with van der Waals surface area (Å²) in [5, 5.41) is 3.49. The molecule has 1 N–H and O–H groups in total. The van der Waals surface area contributed by atoms with Gasteiger partial charge in [-0.2, -0.15) is 0 Å². The van der Waals surface area contributed by atoms with Gasteiger partial charge in [0.1, 0.15) is 0 Å². The third-order valence-electron chi connectivity index (χ3n) is 3.39. The molecular weight excluding hydrogens is 186 g/mol. The van der Waals surface area contributed by atoms with Crippen molar-refractivity contribution in [1.29, 1.82) is 0 Å².